The third-order valence-corrected chi connectivity index (χ3v) is 4.38. The molecule has 0 unspecified atom stereocenters. The van der Waals surface area contributed by atoms with Gasteiger partial charge >= 0.3 is 0 Å². The van der Waals surface area contributed by atoms with Crippen LogP contribution in [-0.2, 0) is 4.79 Å². The van der Waals surface area contributed by atoms with Gasteiger partial charge in [0.05, 0.1) is 0 Å². The maximum atomic E-state index is 11.3. The van der Waals surface area contributed by atoms with Crippen LogP contribution in [0.3, 0.4) is 0 Å². The van der Waals surface area contributed by atoms with Crippen LogP contribution in [0.5, 0.6) is 0 Å². The molecule has 0 spiro atoms. The Morgan fingerprint density at radius 3 is 1.32 bits per heavy atom. The molecule has 0 saturated heterocycles. The largest absolute Gasteiger partial charge is 0.356 e. The molecular weight excluding hydrogens is 270 g/mol. The summed E-state index contributed by atoms with van der Waals surface area (Å²) in [5.41, 5.74) is 0. The fourth-order valence-electron chi connectivity index (χ4n) is 2.94. The quantitative estimate of drug-likeness (QED) is 0.310. The standard InChI is InChI=1S/C20H41NO/c1-3-5-6-7-8-9-10-11-12-13-14-15-16-17-18-19-20(22)21-4-2/h3-19H2,1-2H3,(H,21,22). The van der Waals surface area contributed by atoms with Crippen LogP contribution < -0.4 is 5.32 Å². The van der Waals surface area contributed by atoms with Gasteiger partial charge in [0.1, 0.15) is 0 Å². The van der Waals surface area contributed by atoms with E-state index in [-0.39, 0.29) is 5.91 Å². The summed E-state index contributed by atoms with van der Waals surface area (Å²) in [6.07, 6.45) is 21.3. The Kier molecular flexibility index (Phi) is 18.1. The van der Waals surface area contributed by atoms with Crippen LogP contribution in [-0.4, -0.2) is 12.5 Å². The summed E-state index contributed by atoms with van der Waals surface area (Å²) < 4.78 is 0. The molecule has 0 aliphatic heterocycles. The first-order chi connectivity index (χ1) is 10.8. The van der Waals surface area contributed by atoms with Gasteiger partial charge in [0.25, 0.3) is 0 Å². The van der Waals surface area contributed by atoms with Crippen LogP contribution in [0.2, 0.25) is 0 Å². The molecule has 0 aliphatic rings. The van der Waals surface area contributed by atoms with E-state index in [1.165, 1.54) is 89.9 Å². The lowest BCUT2D eigenvalue weighted by Gasteiger charge is -2.04. The number of unbranched alkanes of at least 4 members (excludes halogenated alkanes) is 14. The van der Waals surface area contributed by atoms with Crippen LogP contribution in [0.25, 0.3) is 0 Å². The van der Waals surface area contributed by atoms with E-state index < -0.39 is 0 Å². The fourth-order valence-corrected chi connectivity index (χ4v) is 2.94. The highest BCUT2D eigenvalue weighted by molar-refractivity contribution is 5.75. The summed E-state index contributed by atoms with van der Waals surface area (Å²) in [6, 6.07) is 0. The zero-order valence-corrected chi connectivity index (χ0v) is 15.4. The zero-order valence-electron chi connectivity index (χ0n) is 15.4. The summed E-state index contributed by atoms with van der Waals surface area (Å²) >= 11 is 0. The highest BCUT2D eigenvalue weighted by Crippen LogP contribution is 2.13. The SMILES string of the molecule is CCCCCCCCCCCCCCCCCC(=O)NCC. The highest BCUT2D eigenvalue weighted by Gasteiger charge is 1.98. The molecule has 1 N–H and O–H groups in total. The van der Waals surface area contributed by atoms with Crippen molar-refractivity contribution in [2.24, 2.45) is 0 Å². The molecule has 22 heavy (non-hydrogen) atoms. The second-order valence-electron chi connectivity index (χ2n) is 6.65. The molecular formula is C20H41NO. The van der Waals surface area contributed by atoms with Gasteiger partial charge in [-0.3, -0.25) is 4.79 Å². The number of nitrogens with one attached hydrogen (secondary N) is 1. The normalized spacial score (nSPS) is 10.8. The van der Waals surface area contributed by atoms with Gasteiger partial charge in [-0.1, -0.05) is 96.8 Å². The predicted octanol–water partition coefficient (Wildman–Crippen LogP) is 6.38. The molecule has 0 aromatic rings. The van der Waals surface area contributed by atoms with Crippen LogP contribution in [0.1, 0.15) is 117 Å². The summed E-state index contributed by atoms with van der Waals surface area (Å²) in [5.74, 6) is 0.220. The predicted molar refractivity (Wildman–Crippen MR) is 98.2 cm³/mol. The van der Waals surface area contributed by atoms with E-state index in [1.807, 2.05) is 6.92 Å². The third kappa shape index (κ3) is 17.5. The number of rotatable bonds is 17. The molecule has 2 nitrogen and oxygen atoms in total. The lowest BCUT2D eigenvalue weighted by molar-refractivity contribution is -0.121. The molecule has 0 bridgehead atoms. The number of hydrogen-bond acceptors (Lipinski definition) is 1. The smallest absolute Gasteiger partial charge is 0.219 e. The van der Waals surface area contributed by atoms with E-state index in [1.54, 1.807) is 0 Å². The number of amides is 1. The Bertz CT molecular complexity index is 228. The Balaban J connectivity index is 3.01. The van der Waals surface area contributed by atoms with Crippen molar-refractivity contribution in [3.05, 3.63) is 0 Å². The molecule has 0 radical (unpaired) electrons. The third-order valence-electron chi connectivity index (χ3n) is 4.38. The summed E-state index contributed by atoms with van der Waals surface area (Å²) in [4.78, 5) is 11.3. The molecule has 0 aromatic heterocycles. The Hall–Kier alpha value is -0.530. The van der Waals surface area contributed by atoms with Crippen molar-refractivity contribution in [1.29, 1.82) is 0 Å². The average Bonchev–Trinajstić information content (AvgIpc) is 2.51. The first-order valence-corrected chi connectivity index (χ1v) is 10.1. The van der Waals surface area contributed by atoms with Crippen LogP contribution >= 0.6 is 0 Å². The van der Waals surface area contributed by atoms with E-state index in [0.717, 1.165) is 13.0 Å². The van der Waals surface area contributed by atoms with Crippen LogP contribution in [0.4, 0.5) is 0 Å². The number of hydrogen-bond donors (Lipinski definition) is 1. The molecule has 132 valence electrons. The Labute approximate surface area is 139 Å². The van der Waals surface area contributed by atoms with E-state index in [9.17, 15) is 4.79 Å². The van der Waals surface area contributed by atoms with Gasteiger partial charge in [-0.2, -0.15) is 0 Å². The van der Waals surface area contributed by atoms with Crippen molar-refractivity contribution in [3.63, 3.8) is 0 Å². The van der Waals surface area contributed by atoms with E-state index in [4.69, 9.17) is 0 Å². The van der Waals surface area contributed by atoms with Crippen molar-refractivity contribution in [2.75, 3.05) is 6.54 Å². The summed E-state index contributed by atoms with van der Waals surface area (Å²) in [6.45, 7) is 5.02. The molecule has 0 fully saturated rings. The number of carbonyl (C=O) groups excluding carboxylic acids is 1. The van der Waals surface area contributed by atoms with Crippen molar-refractivity contribution in [2.45, 2.75) is 117 Å². The number of carbonyl (C=O) groups is 1. The van der Waals surface area contributed by atoms with Gasteiger partial charge in [0.15, 0.2) is 0 Å². The topological polar surface area (TPSA) is 29.1 Å². The maximum Gasteiger partial charge on any atom is 0.219 e. The van der Waals surface area contributed by atoms with Gasteiger partial charge < -0.3 is 5.32 Å². The minimum Gasteiger partial charge on any atom is -0.356 e. The van der Waals surface area contributed by atoms with E-state index in [0.29, 0.717) is 6.42 Å². The van der Waals surface area contributed by atoms with Gasteiger partial charge in [-0.25, -0.2) is 0 Å². The van der Waals surface area contributed by atoms with E-state index in [2.05, 4.69) is 12.2 Å². The zero-order chi connectivity index (χ0) is 16.3. The lowest BCUT2D eigenvalue weighted by Crippen LogP contribution is -2.21. The Morgan fingerprint density at radius 2 is 0.955 bits per heavy atom. The molecule has 0 heterocycles. The second kappa shape index (κ2) is 18.5. The van der Waals surface area contributed by atoms with Crippen LogP contribution in [0.15, 0.2) is 0 Å². The Morgan fingerprint density at radius 1 is 0.591 bits per heavy atom. The van der Waals surface area contributed by atoms with Crippen molar-refractivity contribution >= 4 is 5.91 Å². The highest BCUT2D eigenvalue weighted by atomic mass is 16.1. The van der Waals surface area contributed by atoms with Gasteiger partial charge in [-0.05, 0) is 13.3 Å². The molecule has 0 saturated carbocycles. The monoisotopic (exact) mass is 311 g/mol. The maximum absolute atomic E-state index is 11.3. The molecule has 0 rings (SSSR count). The summed E-state index contributed by atoms with van der Waals surface area (Å²) in [5, 5.41) is 2.86. The van der Waals surface area contributed by atoms with Gasteiger partial charge in [0, 0.05) is 13.0 Å². The molecule has 2 heteroatoms. The molecule has 0 aromatic carbocycles. The van der Waals surface area contributed by atoms with Gasteiger partial charge in [-0.15, -0.1) is 0 Å². The van der Waals surface area contributed by atoms with Gasteiger partial charge in [0.2, 0.25) is 5.91 Å². The minimum atomic E-state index is 0.220. The summed E-state index contributed by atoms with van der Waals surface area (Å²) in [7, 11) is 0. The molecule has 0 atom stereocenters. The molecule has 1 amide bonds. The average molecular weight is 312 g/mol. The molecule has 0 aliphatic carbocycles. The minimum absolute atomic E-state index is 0.220. The van der Waals surface area contributed by atoms with E-state index >= 15 is 0 Å². The first-order valence-electron chi connectivity index (χ1n) is 10.1. The van der Waals surface area contributed by atoms with Crippen LogP contribution in [0, 0.1) is 0 Å². The second-order valence-corrected chi connectivity index (χ2v) is 6.65. The first kappa shape index (κ1) is 21.5. The van der Waals surface area contributed by atoms with Crippen molar-refractivity contribution < 1.29 is 4.79 Å². The van der Waals surface area contributed by atoms with Crippen molar-refractivity contribution in [1.82, 2.24) is 5.32 Å². The lowest BCUT2D eigenvalue weighted by atomic mass is 10.0. The fraction of sp³-hybridized carbons (Fsp3) is 0.950. The van der Waals surface area contributed by atoms with Crippen molar-refractivity contribution in [3.8, 4) is 0 Å².